The molecule has 0 heterocycles. The Morgan fingerprint density at radius 1 is 1.39 bits per heavy atom. The van der Waals surface area contributed by atoms with E-state index in [-0.39, 0.29) is 11.9 Å². The summed E-state index contributed by atoms with van der Waals surface area (Å²) < 4.78 is 14.2. The quantitative estimate of drug-likeness (QED) is 0.854. The van der Waals surface area contributed by atoms with E-state index >= 15 is 0 Å². The lowest BCUT2D eigenvalue weighted by Gasteiger charge is -2.33. The van der Waals surface area contributed by atoms with Crippen molar-refractivity contribution in [3.8, 4) is 0 Å². The molecule has 3 heteroatoms. The van der Waals surface area contributed by atoms with Crippen LogP contribution in [0.15, 0.2) is 22.7 Å². The summed E-state index contributed by atoms with van der Waals surface area (Å²) in [6, 6.07) is 5.76. The van der Waals surface area contributed by atoms with Crippen LogP contribution in [-0.4, -0.2) is 7.05 Å². The zero-order chi connectivity index (χ0) is 13.1. The molecule has 0 spiro atoms. The van der Waals surface area contributed by atoms with Gasteiger partial charge in [0.05, 0.1) is 4.47 Å². The summed E-state index contributed by atoms with van der Waals surface area (Å²) in [5, 5.41) is 3.37. The molecule has 1 nitrogen and oxygen atoms in total. The standard InChI is InChI=1S/C15H21BrFN/c1-10-4-3-5-11(8-10)15(18-2)12-6-7-13(16)14(17)9-12/h6-7,9-11,15,18H,3-5,8H2,1-2H3. The van der Waals surface area contributed by atoms with Gasteiger partial charge in [0.1, 0.15) is 5.82 Å². The molecular formula is C15H21BrFN. The first-order valence-corrected chi connectivity index (χ1v) is 7.53. The lowest BCUT2D eigenvalue weighted by molar-refractivity contribution is 0.229. The maximum Gasteiger partial charge on any atom is 0.137 e. The Bertz CT molecular complexity index is 407. The summed E-state index contributed by atoms with van der Waals surface area (Å²) in [5.74, 6) is 1.25. The van der Waals surface area contributed by atoms with E-state index in [9.17, 15) is 4.39 Å². The summed E-state index contributed by atoms with van der Waals surface area (Å²) >= 11 is 3.21. The van der Waals surface area contributed by atoms with E-state index in [1.807, 2.05) is 13.1 Å². The molecule has 0 bridgehead atoms. The zero-order valence-electron chi connectivity index (χ0n) is 11.0. The Labute approximate surface area is 117 Å². The van der Waals surface area contributed by atoms with Gasteiger partial charge in [-0.25, -0.2) is 4.39 Å². The SMILES string of the molecule is CNC(c1ccc(Br)c(F)c1)C1CCCC(C)C1. The molecule has 1 aromatic rings. The first kappa shape index (κ1) is 14.0. The summed E-state index contributed by atoms with van der Waals surface area (Å²) in [5.41, 5.74) is 1.07. The highest BCUT2D eigenvalue weighted by atomic mass is 79.9. The predicted molar refractivity (Wildman–Crippen MR) is 77.0 cm³/mol. The maximum atomic E-state index is 13.6. The van der Waals surface area contributed by atoms with Gasteiger partial charge in [0.15, 0.2) is 0 Å². The minimum Gasteiger partial charge on any atom is -0.313 e. The third-order valence-electron chi connectivity index (χ3n) is 4.06. The fourth-order valence-electron chi connectivity index (χ4n) is 3.16. The van der Waals surface area contributed by atoms with Gasteiger partial charge >= 0.3 is 0 Å². The Morgan fingerprint density at radius 2 is 2.17 bits per heavy atom. The Kier molecular flexibility index (Phi) is 4.79. The van der Waals surface area contributed by atoms with Crippen molar-refractivity contribution in [3.63, 3.8) is 0 Å². The van der Waals surface area contributed by atoms with Crippen LogP contribution in [-0.2, 0) is 0 Å². The van der Waals surface area contributed by atoms with Crippen molar-refractivity contribution in [1.82, 2.24) is 5.32 Å². The van der Waals surface area contributed by atoms with Crippen LogP contribution >= 0.6 is 15.9 Å². The van der Waals surface area contributed by atoms with E-state index < -0.39 is 0 Å². The molecule has 0 radical (unpaired) electrons. The van der Waals surface area contributed by atoms with Crippen LogP contribution < -0.4 is 5.32 Å². The van der Waals surface area contributed by atoms with Crippen molar-refractivity contribution in [3.05, 3.63) is 34.1 Å². The molecule has 100 valence electrons. The van der Waals surface area contributed by atoms with Crippen LogP contribution in [0.2, 0.25) is 0 Å². The molecule has 1 N–H and O–H groups in total. The number of nitrogens with one attached hydrogen (secondary N) is 1. The van der Waals surface area contributed by atoms with Crippen LogP contribution in [0.4, 0.5) is 4.39 Å². The van der Waals surface area contributed by atoms with Crippen LogP contribution in [0.1, 0.15) is 44.2 Å². The van der Waals surface area contributed by atoms with Gasteiger partial charge in [-0.3, -0.25) is 0 Å². The minimum atomic E-state index is -0.170. The fourth-order valence-corrected chi connectivity index (χ4v) is 3.41. The lowest BCUT2D eigenvalue weighted by atomic mass is 9.77. The second-order valence-corrected chi connectivity index (χ2v) is 6.33. The van der Waals surface area contributed by atoms with Crippen LogP contribution in [0.3, 0.4) is 0 Å². The third kappa shape index (κ3) is 3.12. The van der Waals surface area contributed by atoms with Crippen molar-refractivity contribution in [2.75, 3.05) is 7.05 Å². The van der Waals surface area contributed by atoms with Gasteiger partial charge in [0.25, 0.3) is 0 Å². The zero-order valence-corrected chi connectivity index (χ0v) is 12.6. The molecular weight excluding hydrogens is 293 g/mol. The molecule has 3 atom stereocenters. The van der Waals surface area contributed by atoms with Crippen molar-refractivity contribution in [1.29, 1.82) is 0 Å². The summed E-state index contributed by atoms with van der Waals surface area (Å²) in [4.78, 5) is 0. The topological polar surface area (TPSA) is 12.0 Å². The second kappa shape index (κ2) is 6.16. The van der Waals surface area contributed by atoms with E-state index in [0.29, 0.717) is 10.4 Å². The third-order valence-corrected chi connectivity index (χ3v) is 4.71. The monoisotopic (exact) mass is 313 g/mol. The molecule has 1 aromatic carbocycles. The van der Waals surface area contributed by atoms with E-state index in [0.717, 1.165) is 11.5 Å². The number of benzene rings is 1. The average Bonchev–Trinajstić information content (AvgIpc) is 2.35. The minimum absolute atomic E-state index is 0.170. The molecule has 1 fully saturated rings. The summed E-state index contributed by atoms with van der Waals surface area (Å²) in [6.45, 7) is 2.32. The molecule has 1 saturated carbocycles. The molecule has 1 aliphatic carbocycles. The van der Waals surface area contributed by atoms with Gasteiger partial charge in [-0.15, -0.1) is 0 Å². The van der Waals surface area contributed by atoms with Gasteiger partial charge in [-0.05, 0) is 65.4 Å². The fraction of sp³-hybridized carbons (Fsp3) is 0.600. The van der Waals surface area contributed by atoms with Crippen molar-refractivity contribution >= 4 is 15.9 Å². The largest absolute Gasteiger partial charge is 0.313 e. The van der Waals surface area contributed by atoms with E-state index in [1.165, 1.54) is 25.7 Å². The highest BCUT2D eigenvalue weighted by molar-refractivity contribution is 9.10. The van der Waals surface area contributed by atoms with Gasteiger partial charge < -0.3 is 5.32 Å². The van der Waals surface area contributed by atoms with Crippen LogP contribution in [0.5, 0.6) is 0 Å². The molecule has 0 aliphatic heterocycles. The highest BCUT2D eigenvalue weighted by Gasteiger charge is 2.27. The van der Waals surface area contributed by atoms with Crippen LogP contribution in [0, 0.1) is 17.7 Å². The molecule has 0 saturated heterocycles. The number of rotatable bonds is 3. The molecule has 1 aliphatic rings. The Morgan fingerprint density at radius 3 is 2.78 bits per heavy atom. The number of hydrogen-bond acceptors (Lipinski definition) is 1. The van der Waals surface area contributed by atoms with Gasteiger partial charge in [-0.2, -0.15) is 0 Å². The van der Waals surface area contributed by atoms with E-state index in [4.69, 9.17) is 0 Å². The number of hydrogen-bond donors (Lipinski definition) is 1. The highest BCUT2D eigenvalue weighted by Crippen LogP contribution is 2.37. The molecule has 18 heavy (non-hydrogen) atoms. The van der Waals surface area contributed by atoms with E-state index in [2.05, 4.69) is 28.2 Å². The number of halogens is 2. The molecule has 3 unspecified atom stereocenters. The smallest absolute Gasteiger partial charge is 0.137 e. The Hall–Kier alpha value is -0.410. The van der Waals surface area contributed by atoms with E-state index in [1.54, 1.807) is 12.1 Å². The summed E-state index contributed by atoms with van der Waals surface area (Å²) in [7, 11) is 1.98. The van der Waals surface area contributed by atoms with Gasteiger partial charge in [0.2, 0.25) is 0 Å². The van der Waals surface area contributed by atoms with Gasteiger partial charge in [-0.1, -0.05) is 25.8 Å². The normalized spacial score (nSPS) is 26.0. The predicted octanol–water partition coefficient (Wildman–Crippen LogP) is 4.68. The Balaban J connectivity index is 2.18. The lowest BCUT2D eigenvalue weighted by Crippen LogP contribution is -2.29. The first-order valence-electron chi connectivity index (χ1n) is 6.74. The molecule has 2 rings (SSSR count). The summed E-state index contributed by atoms with van der Waals surface area (Å²) in [6.07, 6.45) is 5.11. The molecule has 0 amide bonds. The van der Waals surface area contributed by atoms with Crippen molar-refractivity contribution in [2.24, 2.45) is 11.8 Å². The van der Waals surface area contributed by atoms with Crippen LogP contribution in [0.25, 0.3) is 0 Å². The van der Waals surface area contributed by atoms with Gasteiger partial charge in [0, 0.05) is 6.04 Å². The first-order chi connectivity index (χ1) is 8.61. The second-order valence-electron chi connectivity index (χ2n) is 5.47. The molecule has 0 aromatic heterocycles. The maximum absolute atomic E-state index is 13.6. The van der Waals surface area contributed by atoms with Crippen molar-refractivity contribution < 1.29 is 4.39 Å². The van der Waals surface area contributed by atoms with Crippen molar-refractivity contribution in [2.45, 2.75) is 38.6 Å². The average molecular weight is 314 g/mol.